The zero-order valence-corrected chi connectivity index (χ0v) is 12.1. The molecular formula is C15H9Cl2F3O. The lowest BCUT2D eigenvalue weighted by Crippen LogP contribution is -2.08. The molecule has 0 aliphatic heterocycles. The van der Waals surface area contributed by atoms with Crippen molar-refractivity contribution in [3.63, 3.8) is 0 Å². The average molecular weight is 333 g/mol. The molecule has 2 aromatic rings. The molecule has 0 atom stereocenters. The van der Waals surface area contributed by atoms with Crippen LogP contribution in [0.2, 0.25) is 10.0 Å². The molecule has 0 radical (unpaired) electrons. The van der Waals surface area contributed by atoms with Gasteiger partial charge in [-0.1, -0.05) is 41.4 Å². The van der Waals surface area contributed by atoms with Gasteiger partial charge in [-0.2, -0.15) is 13.2 Å². The highest BCUT2D eigenvalue weighted by atomic mass is 35.5. The summed E-state index contributed by atoms with van der Waals surface area (Å²) in [7, 11) is 0. The van der Waals surface area contributed by atoms with Gasteiger partial charge in [0.2, 0.25) is 0 Å². The molecule has 110 valence electrons. The van der Waals surface area contributed by atoms with Gasteiger partial charge >= 0.3 is 6.18 Å². The Hall–Kier alpha value is -1.52. The first kappa shape index (κ1) is 15.9. The quantitative estimate of drug-likeness (QED) is 0.684. The van der Waals surface area contributed by atoms with Gasteiger partial charge in [-0.3, -0.25) is 4.79 Å². The lowest BCUT2D eigenvalue weighted by molar-refractivity contribution is -0.137. The highest BCUT2D eigenvalue weighted by molar-refractivity contribution is 6.36. The maximum atomic E-state index is 12.6. The molecule has 0 unspecified atom stereocenters. The zero-order valence-electron chi connectivity index (χ0n) is 10.5. The van der Waals surface area contributed by atoms with Gasteiger partial charge in [0.1, 0.15) is 0 Å². The number of hydrogen-bond acceptors (Lipinski definition) is 1. The average Bonchev–Trinajstić information content (AvgIpc) is 2.37. The minimum absolute atomic E-state index is 0.161. The second-order valence-corrected chi connectivity index (χ2v) is 5.27. The summed E-state index contributed by atoms with van der Waals surface area (Å²) in [6, 6.07) is 9.05. The highest BCUT2D eigenvalue weighted by Crippen LogP contribution is 2.30. The molecule has 0 spiro atoms. The summed E-state index contributed by atoms with van der Waals surface area (Å²) in [4.78, 5) is 12.1. The Kier molecular flexibility index (Phi) is 4.59. The standard InChI is InChI=1S/C15H9Cl2F3O/c16-11-4-5-12(13(17)8-11)14(21)7-9-2-1-3-10(6-9)15(18,19)20/h1-6,8H,7H2. The fourth-order valence-corrected chi connectivity index (χ4v) is 2.37. The van der Waals surface area contributed by atoms with E-state index in [2.05, 4.69) is 0 Å². The fourth-order valence-electron chi connectivity index (χ4n) is 1.85. The number of carbonyl (C=O) groups is 1. The van der Waals surface area contributed by atoms with Crippen LogP contribution >= 0.6 is 23.2 Å². The van der Waals surface area contributed by atoms with E-state index in [-0.39, 0.29) is 28.4 Å². The van der Waals surface area contributed by atoms with Gasteiger partial charge in [0.15, 0.2) is 5.78 Å². The van der Waals surface area contributed by atoms with Crippen LogP contribution in [0.15, 0.2) is 42.5 Å². The molecule has 0 saturated carbocycles. The van der Waals surface area contributed by atoms with E-state index in [0.29, 0.717) is 5.02 Å². The molecule has 21 heavy (non-hydrogen) atoms. The van der Waals surface area contributed by atoms with Crippen molar-refractivity contribution in [3.8, 4) is 0 Å². The smallest absolute Gasteiger partial charge is 0.294 e. The summed E-state index contributed by atoms with van der Waals surface area (Å²) in [6.45, 7) is 0. The third-order valence-electron chi connectivity index (χ3n) is 2.85. The zero-order chi connectivity index (χ0) is 15.6. The topological polar surface area (TPSA) is 17.1 Å². The predicted molar refractivity (Wildman–Crippen MR) is 75.9 cm³/mol. The molecule has 0 saturated heterocycles. The van der Waals surface area contributed by atoms with Gasteiger partial charge in [0, 0.05) is 17.0 Å². The van der Waals surface area contributed by atoms with Crippen molar-refractivity contribution in [2.24, 2.45) is 0 Å². The van der Waals surface area contributed by atoms with Crippen LogP contribution in [0.3, 0.4) is 0 Å². The molecule has 2 aromatic carbocycles. The third kappa shape index (κ3) is 3.99. The van der Waals surface area contributed by atoms with E-state index in [1.54, 1.807) is 0 Å². The Labute approximate surface area is 129 Å². The number of Topliss-reactive ketones (excluding diaryl/α,β-unsaturated/α-hetero) is 1. The summed E-state index contributed by atoms with van der Waals surface area (Å²) in [5.41, 5.74) is -0.269. The van der Waals surface area contributed by atoms with E-state index in [1.165, 1.54) is 30.3 Å². The Morgan fingerprint density at radius 3 is 2.38 bits per heavy atom. The van der Waals surface area contributed by atoms with Gasteiger partial charge in [-0.15, -0.1) is 0 Å². The number of halogens is 5. The molecule has 0 aromatic heterocycles. The van der Waals surface area contributed by atoms with Gasteiger partial charge in [-0.05, 0) is 29.8 Å². The Bertz CT molecular complexity index is 681. The van der Waals surface area contributed by atoms with Crippen LogP contribution in [0, 0.1) is 0 Å². The van der Waals surface area contributed by atoms with Crippen molar-refractivity contribution < 1.29 is 18.0 Å². The van der Waals surface area contributed by atoms with Crippen LogP contribution in [0.1, 0.15) is 21.5 Å². The number of alkyl halides is 3. The van der Waals surface area contributed by atoms with Crippen LogP contribution in [-0.2, 0) is 12.6 Å². The largest absolute Gasteiger partial charge is 0.416 e. The van der Waals surface area contributed by atoms with E-state index in [0.717, 1.165) is 12.1 Å². The molecule has 0 N–H and O–H groups in total. The van der Waals surface area contributed by atoms with Crippen molar-refractivity contribution in [1.29, 1.82) is 0 Å². The molecule has 0 amide bonds. The molecule has 1 nitrogen and oxygen atoms in total. The van der Waals surface area contributed by atoms with Crippen LogP contribution in [-0.4, -0.2) is 5.78 Å². The number of rotatable bonds is 3. The van der Waals surface area contributed by atoms with Gasteiger partial charge in [0.25, 0.3) is 0 Å². The number of hydrogen-bond donors (Lipinski definition) is 0. The predicted octanol–water partition coefficient (Wildman–Crippen LogP) is 5.44. The number of ketones is 1. The lowest BCUT2D eigenvalue weighted by atomic mass is 10.0. The first-order valence-electron chi connectivity index (χ1n) is 5.92. The van der Waals surface area contributed by atoms with Crippen molar-refractivity contribution >= 4 is 29.0 Å². The van der Waals surface area contributed by atoms with Crippen molar-refractivity contribution in [3.05, 3.63) is 69.2 Å². The van der Waals surface area contributed by atoms with Crippen LogP contribution in [0.4, 0.5) is 13.2 Å². The highest BCUT2D eigenvalue weighted by Gasteiger charge is 2.30. The summed E-state index contributed by atoms with van der Waals surface area (Å²) in [5, 5.41) is 0.565. The molecule has 0 heterocycles. The first-order chi connectivity index (χ1) is 9.77. The van der Waals surface area contributed by atoms with Gasteiger partial charge in [0.05, 0.1) is 10.6 Å². The third-order valence-corrected chi connectivity index (χ3v) is 3.40. The fraction of sp³-hybridized carbons (Fsp3) is 0.133. The van der Waals surface area contributed by atoms with E-state index in [9.17, 15) is 18.0 Å². The number of carbonyl (C=O) groups excluding carboxylic acids is 1. The first-order valence-corrected chi connectivity index (χ1v) is 6.67. The Balaban J connectivity index is 2.24. The second-order valence-electron chi connectivity index (χ2n) is 4.42. The Morgan fingerprint density at radius 2 is 1.76 bits per heavy atom. The lowest BCUT2D eigenvalue weighted by Gasteiger charge is -2.09. The second kappa shape index (κ2) is 6.08. The summed E-state index contributed by atoms with van der Waals surface area (Å²) < 4.78 is 37.8. The molecule has 0 bridgehead atoms. The maximum Gasteiger partial charge on any atom is 0.416 e. The molecule has 0 aliphatic rings. The minimum Gasteiger partial charge on any atom is -0.294 e. The van der Waals surface area contributed by atoms with E-state index < -0.39 is 11.7 Å². The van der Waals surface area contributed by atoms with Crippen molar-refractivity contribution in [1.82, 2.24) is 0 Å². The van der Waals surface area contributed by atoms with Crippen LogP contribution in [0.5, 0.6) is 0 Å². The Morgan fingerprint density at radius 1 is 1.05 bits per heavy atom. The van der Waals surface area contributed by atoms with Gasteiger partial charge in [-0.25, -0.2) is 0 Å². The molecule has 0 fully saturated rings. The molecule has 6 heteroatoms. The summed E-state index contributed by atoms with van der Waals surface area (Å²) in [5.74, 6) is -0.365. The molecule has 2 rings (SSSR count). The summed E-state index contributed by atoms with van der Waals surface area (Å²) >= 11 is 11.6. The summed E-state index contributed by atoms with van der Waals surface area (Å²) in [6.07, 6.45) is -4.59. The van der Waals surface area contributed by atoms with Crippen molar-refractivity contribution in [2.75, 3.05) is 0 Å². The molecule has 0 aliphatic carbocycles. The maximum absolute atomic E-state index is 12.6. The minimum atomic E-state index is -4.43. The van der Waals surface area contributed by atoms with Crippen LogP contribution in [0.25, 0.3) is 0 Å². The monoisotopic (exact) mass is 332 g/mol. The van der Waals surface area contributed by atoms with E-state index in [4.69, 9.17) is 23.2 Å². The van der Waals surface area contributed by atoms with Crippen molar-refractivity contribution in [2.45, 2.75) is 12.6 Å². The number of benzene rings is 2. The van der Waals surface area contributed by atoms with E-state index in [1.807, 2.05) is 0 Å². The van der Waals surface area contributed by atoms with E-state index >= 15 is 0 Å². The normalized spacial score (nSPS) is 11.5. The van der Waals surface area contributed by atoms with Gasteiger partial charge < -0.3 is 0 Å². The SMILES string of the molecule is O=C(Cc1cccc(C(F)(F)F)c1)c1ccc(Cl)cc1Cl. The molecular weight excluding hydrogens is 324 g/mol. The van der Waals surface area contributed by atoms with Crippen LogP contribution < -0.4 is 0 Å².